The smallest absolute Gasteiger partial charge is 0.0714 e. The van der Waals surface area contributed by atoms with Gasteiger partial charge < -0.3 is 4.90 Å². The lowest BCUT2D eigenvalue weighted by Gasteiger charge is -2.36. The average molecular weight is 244 g/mol. The van der Waals surface area contributed by atoms with Crippen LogP contribution >= 0.6 is 0 Å². The first-order valence-corrected chi connectivity index (χ1v) is 6.36. The first-order valence-electron chi connectivity index (χ1n) is 6.36. The Hall–Kier alpha value is -1.33. The summed E-state index contributed by atoms with van der Waals surface area (Å²) >= 11 is 0. The van der Waals surface area contributed by atoms with Crippen LogP contribution in [0.1, 0.15) is 42.1 Å². The number of aryl methyl sites for hydroxylation is 3. The molecule has 0 bridgehead atoms. The zero-order chi connectivity index (χ0) is 14.1. The summed E-state index contributed by atoms with van der Waals surface area (Å²) in [5.41, 5.74) is 4.70. The molecule has 0 saturated heterocycles. The van der Waals surface area contributed by atoms with Gasteiger partial charge in [0.25, 0.3) is 0 Å². The molecule has 0 N–H and O–H groups in total. The van der Waals surface area contributed by atoms with Crippen LogP contribution in [-0.4, -0.2) is 19.0 Å². The Bertz CT molecular complexity index is 455. The number of rotatable bonds is 3. The Morgan fingerprint density at radius 1 is 1.11 bits per heavy atom. The van der Waals surface area contributed by atoms with E-state index in [0.717, 1.165) is 0 Å². The Morgan fingerprint density at radius 3 is 1.89 bits per heavy atom. The summed E-state index contributed by atoms with van der Waals surface area (Å²) < 4.78 is 0. The van der Waals surface area contributed by atoms with Gasteiger partial charge in [-0.1, -0.05) is 17.7 Å². The zero-order valence-electron chi connectivity index (χ0n) is 12.6. The number of benzene rings is 1. The van der Waals surface area contributed by atoms with E-state index in [4.69, 9.17) is 0 Å². The van der Waals surface area contributed by atoms with Crippen molar-refractivity contribution in [3.05, 3.63) is 34.4 Å². The molecule has 1 aromatic carbocycles. The molecule has 0 spiro atoms. The monoisotopic (exact) mass is 244 g/mol. The highest BCUT2D eigenvalue weighted by molar-refractivity contribution is 5.41. The Morgan fingerprint density at radius 2 is 1.56 bits per heavy atom. The van der Waals surface area contributed by atoms with Crippen molar-refractivity contribution in [2.45, 2.75) is 40.7 Å². The lowest BCUT2D eigenvalue weighted by Crippen LogP contribution is -2.33. The molecule has 0 amide bonds. The Balaban J connectivity index is 3.46. The zero-order valence-corrected chi connectivity index (χ0v) is 12.6. The molecule has 1 rings (SSSR count). The van der Waals surface area contributed by atoms with Crippen LogP contribution in [0, 0.1) is 37.5 Å². The predicted octanol–water partition coefficient (Wildman–Crippen LogP) is 3.76. The molecule has 0 aliphatic rings. The summed E-state index contributed by atoms with van der Waals surface area (Å²) in [6, 6.07) is 6.96. The van der Waals surface area contributed by atoms with Gasteiger partial charge in [0.15, 0.2) is 0 Å². The standard InChI is InChI=1S/C16H24N2/c1-11-8-12(2)14(13(3)9-11)15(18(6)7)16(4,5)10-17/h8-9,15H,1-7H3. The third-order valence-electron chi connectivity index (χ3n) is 3.50. The van der Waals surface area contributed by atoms with E-state index in [9.17, 15) is 5.26 Å². The molecular weight excluding hydrogens is 220 g/mol. The van der Waals surface area contributed by atoms with Crippen LogP contribution in [0.15, 0.2) is 12.1 Å². The van der Waals surface area contributed by atoms with Crippen molar-refractivity contribution in [2.75, 3.05) is 14.1 Å². The van der Waals surface area contributed by atoms with Gasteiger partial charge in [-0.25, -0.2) is 0 Å². The maximum absolute atomic E-state index is 9.43. The van der Waals surface area contributed by atoms with Crippen molar-refractivity contribution in [2.24, 2.45) is 5.41 Å². The summed E-state index contributed by atoms with van der Waals surface area (Å²) in [7, 11) is 4.09. The van der Waals surface area contributed by atoms with Gasteiger partial charge in [-0.05, 0) is 65.4 Å². The molecule has 0 aliphatic heterocycles. The fourth-order valence-electron chi connectivity index (χ4n) is 2.95. The van der Waals surface area contributed by atoms with Crippen LogP contribution in [0.25, 0.3) is 0 Å². The quantitative estimate of drug-likeness (QED) is 0.809. The molecule has 0 radical (unpaired) electrons. The third kappa shape index (κ3) is 2.73. The molecule has 18 heavy (non-hydrogen) atoms. The van der Waals surface area contributed by atoms with Crippen molar-refractivity contribution in [1.82, 2.24) is 4.90 Å². The third-order valence-corrected chi connectivity index (χ3v) is 3.50. The topological polar surface area (TPSA) is 27.0 Å². The second-order valence-corrected chi connectivity index (χ2v) is 6.01. The van der Waals surface area contributed by atoms with Crippen molar-refractivity contribution >= 4 is 0 Å². The molecule has 1 aromatic rings. The predicted molar refractivity (Wildman–Crippen MR) is 76.5 cm³/mol. The summed E-state index contributed by atoms with van der Waals surface area (Å²) in [6.07, 6.45) is 0. The molecule has 0 heterocycles. The minimum Gasteiger partial charge on any atom is -0.301 e. The van der Waals surface area contributed by atoms with Crippen LogP contribution in [0.2, 0.25) is 0 Å². The Kier molecular flexibility index (Phi) is 4.19. The van der Waals surface area contributed by atoms with Gasteiger partial charge in [-0.15, -0.1) is 0 Å². The van der Waals surface area contributed by atoms with Gasteiger partial charge in [-0.2, -0.15) is 5.26 Å². The fraction of sp³-hybridized carbons (Fsp3) is 0.562. The average Bonchev–Trinajstić information content (AvgIpc) is 2.22. The van der Waals surface area contributed by atoms with E-state index in [1.165, 1.54) is 22.3 Å². The van der Waals surface area contributed by atoms with Crippen LogP contribution in [-0.2, 0) is 0 Å². The van der Waals surface area contributed by atoms with E-state index in [1.807, 2.05) is 27.9 Å². The van der Waals surface area contributed by atoms with E-state index in [0.29, 0.717) is 0 Å². The lowest BCUT2D eigenvalue weighted by molar-refractivity contribution is 0.184. The second kappa shape index (κ2) is 5.12. The number of hydrogen-bond donors (Lipinski definition) is 0. The summed E-state index contributed by atoms with van der Waals surface area (Å²) in [4.78, 5) is 2.15. The molecular formula is C16H24N2. The summed E-state index contributed by atoms with van der Waals surface area (Å²) in [5.74, 6) is 0. The summed E-state index contributed by atoms with van der Waals surface area (Å²) in [5, 5.41) is 9.43. The molecule has 0 aliphatic carbocycles. The molecule has 2 heteroatoms. The molecule has 1 unspecified atom stereocenters. The SMILES string of the molecule is Cc1cc(C)c(C(N(C)C)C(C)(C)C#N)c(C)c1. The molecule has 98 valence electrons. The van der Waals surface area contributed by atoms with Crippen molar-refractivity contribution in [3.63, 3.8) is 0 Å². The highest BCUT2D eigenvalue weighted by Crippen LogP contribution is 2.39. The van der Waals surface area contributed by atoms with Gasteiger partial charge in [-0.3, -0.25) is 0 Å². The number of nitriles is 1. The lowest BCUT2D eigenvalue weighted by atomic mass is 9.77. The largest absolute Gasteiger partial charge is 0.301 e. The van der Waals surface area contributed by atoms with Gasteiger partial charge in [0.1, 0.15) is 0 Å². The van der Waals surface area contributed by atoms with Gasteiger partial charge in [0.2, 0.25) is 0 Å². The van der Waals surface area contributed by atoms with Crippen LogP contribution in [0.4, 0.5) is 0 Å². The highest BCUT2D eigenvalue weighted by Gasteiger charge is 2.34. The van der Waals surface area contributed by atoms with Crippen LogP contribution in [0.3, 0.4) is 0 Å². The van der Waals surface area contributed by atoms with E-state index < -0.39 is 5.41 Å². The van der Waals surface area contributed by atoms with Crippen molar-refractivity contribution < 1.29 is 0 Å². The van der Waals surface area contributed by atoms with Crippen molar-refractivity contribution in [3.8, 4) is 6.07 Å². The van der Waals surface area contributed by atoms with E-state index in [-0.39, 0.29) is 6.04 Å². The molecule has 0 saturated carbocycles. The fourth-order valence-corrected chi connectivity index (χ4v) is 2.95. The summed E-state index contributed by atoms with van der Waals surface area (Å²) in [6.45, 7) is 10.4. The van der Waals surface area contributed by atoms with Crippen LogP contribution in [0.5, 0.6) is 0 Å². The molecule has 1 atom stereocenters. The van der Waals surface area contributed by atoms with Gasteiger partial charge >= 0.3 is 0 Å². The minimum atomic E-state index is -0.408. The second-order valence-electron chi connectivity index (χ2n) is 6.01. The van der Waals surface area contributed by atoms with Gasteiger partial charge in [0.05, 0.1) is 17.5 Å². The van der Waals surface area contributed by atoms with E-state index in [2.05, 4.69) is 43.9 Å². The molecule has 2 nitrogen and oxygen atoms in total. The first kappa shape index (κ1) is 14.7. The highest BCUT2D eigenvalue weighted by atomic mass is 15.1. The number of nitrogens with zero attached hydrogens (tertiary/aromatic N) is 2. The minimum absolute atomic E-state index is 0.114. The van der Waals surface area contributed by atoms with Crippen LogP contribution < -0.4 is 0 Å². The van der Waals surface area contributed by atoms with Gasteiger partial charge in [0, 0.05) is 0 Å². The van der Waals surface area contributed by atoms with E-state index in [1.54, 1.807) is 0 Å². The first-order chi connectivity index (χ1) is 8.20. The maximum atomic E-state index is 9.43. The maximum Gasteiger partial charge on any atom is 0.0714 e. The Labute approximate surface area is 111 Å². The van der Waals surface area contributed by atoms with E-state index >= 15 is 0 Å². The van der Waals surface area contributed by atoms with Crippen molar-refractivity contribution in [1.29, 1.82) is 5.26 Å². The molecule has 0 aromatic heterocycles. The molecule has 0 fully saturated rings. The number of hydrogen-bond acceptors (Lipinski definition) is 2. The normalized spacial score (nSPS) is 13.5.